The molecule has 4 amide bonds. The van der Waals surface area contributed by atoms with Crippen LogP contribution in [0.5, 0.6) is 11.5 Å². The van der Waals surface area contributed by atoms with Gasteiger partial charge in [-0.2, -0.15) is 0 Å². The second-order valence-corrected chi connectivity index (χ2v) is 7.91. The van der Waals surface area contributed by atoms with Crippen molar-refractivity contribution in [3.63, 3.8) is 0 Å². The fourth-order valence-corrected chi connectivity index (χ4v) is 3.37. The van der Waals surface area contributed by atoms with E-state index in [1.165, 1.54) is 24.3 Å². The van der Waals surface area contributed by atoms with Crippen molar-refractivity contribution in [1.29, 1.82) is 0 Å². The minimum atomic E-state index is -0.771. The molecule has 180 valence electrons. The van der Waals surface area contributed by atoms with E-state index in [0.717, 1.165) is 11.3 Å². The van der Waals surface area contributed by atoms with Gasteiger partial charge in [0.15, 0.2) is 11.5 Å². The van der Waals surface area contributed by atoms with Crippen molar-refractivity contribution in [2.45, 2.75) is 33.3 Å². The zero-order valence-corrected chi connectivity index (χ0v) is 19.7. The third-order valence-electron chi connectivity index (χ3n) is 4.95. The molecule has 0 aromatic heterocycles. The molecule has 0 aliphatic carbocycles. The molecule has 2 aromatic rings. The lowest BCUT2D eigenvalue weighted by Gasteiger charge is -2.18. The number of urea groups is 1. The van der Waals surface area contributed by atoms with Gasteiger partial charge in [-0.1, -0.05) is 30.7 Å². The molecule has 1 atom stereocenters. The fourth-order valence-electron chi connectivity index (χ4n) is 3.11. The van der Waals surface area contributed by atoms with Gasteiger partial charge in [0.1, 0.15) is 18.1 Å². The number of nitrogens with zero attached hydrogens (tertiary/aromatic N) is 1. The monoisotopic (exact) mass is 489 g/mol. The Morgan fingerprint density at radius 3 is 2.68 bits per heavy atom. The average Bonchev–Trinajstić information content (AvgIpc) is 3.05. The lowest BCUT2D eigenvalue weighted by molar-refractivity contribution is -0.127. The second kappa shape index (κ2) is 11.0. The first-order valence-corrected chi connectivity index (χ1v) is 11.1. The largest absolute Gasteiger partial charge is 0.490 e. The minimum absolute atomic E-state index is 0.0437. The van der Waals surface area contributed by atoms with Gasteiger partial charge in [-0.15, -0.1) is 0 Å². The molecule has 0 radical (unpaired) electrons. The first-order chi connectivity index (χ1) is 16.2. The third kappa shape index (κ3) is 5.85. The number of amides is 4. The normalized spacial score (nSPS) is 15.3. The summed E-state index contributed by atoms with van der Waals surface area (Å²) in [4.78, 5) is 38.1. The Bertz CT molecular complexity index is 1140. The summed E-state index contributed by atoms with van der Waals surface area (Å²) in [6.07, 6.45) is 2.12. The quantitative estimate of drug-likeness (QED) is 0.397. The van der Waals surface area contributed by atoms with Gasteiger partial charge >= 0.3 is 6.03 Å². The Balaban J connectivity index is 1.78. The van der Waals surface area contributed by atoms with E-state index < -0.39 is 30.2 Å². The van der Waals surface area contributed by atoms with E-state index in [0.29, 0.717) is 23.7 Å². The van der Waals surface area contributed by atoms with E-state index in [4.69, 9.17) is 21.1 Å². The lowest BCUT2D eigenvalue weighted by atomic mass is 10.1. The molecular weight excluding hydrogens is 465 g/mol. The van der Waals surface area contributed by atoms with Crippen LogP contribution in [0.3, 0.4) is 0 Å². The highest BCUT2D eigenvalue weighted by Gasteiger charge is 2.35. The summed E-state index contributed by atoms with van der Waals surface area (Å²) >= 11 is 6.41. The third-order valence-corrected chi connectivity index (χ3v) is 5.23. The zero-order chi connectivity index (χ0) is 24.8. The van der Waals surface area contributed by atoms with Gasteiger partial charge in [0.05, 0.1) is 23.4 Å². The maximum Gasteiger partial charge on any atom is 0.329 e. The number of carbonyl (C=O) groups is 3. The number of nitrogens with one attached hydrogen (secondary N) is 2. The number of hydrogen-bond acceptors (Lipinski definition) is 5. The SMILES string of the molecule is CCOc1cc(/C=C2/NC(=O)N(CC(=O)Nc3ccccc3F)C2=O)cc(Cl)c1O[C@@H](C)CC. The molecule has 1 aliphatic rings. The van der Waals surface area contributed by atoms with Crippen molar-refractivity contribution >= 4 is 41.2 Å². The molecule has 1 heterocycles. The number of imide groups is 1. The molecule has 2 N–H and O–H groups in total. The summed E-state index contributed by atoms with van der Waals surface area (Å²) in [5, 5.41) is 5.07. The molecule has 0 saturated carbocycles. The predicted octanol–water partition coefficient (Wildman–Crippen LogP) is 4.59. The van der Waals surface area contributed by atoms with E-state index >= 15 is 0 Å². The highest BCUT2D eigenvalue weighted by atomic mass is 35.5. The van der Waals surface area contributed by atoms with Crippen molar-refractivity contribution in [2.75, 3.05) is 18.5 Å². The fraction of sp³-hybridized carbons (Fsp3) is 0.292. The second-order valence-electron chi connectivity index (χ2n) is 7.51. The molecule has 3 rings (SSSR count). The van der Waals surface area contributed by atoms with Gasteiger partial charge in [-0.25, -0.2) is 14.1 Å². The van der Waals surface area contributed by atoms with Gasteiger partial charge in [0, 0.05) is 0 Å². The van der Waals surface area contributed by atoms with E-state index in [-0.39, 0.29) is 22.5 Å². The first-order valence-electron chi connectivity index (χ1n) is 10.7. The van der Waals surface area contributed by atoms with E-state index in [1.54, 1.807) is 18.2 Å². The average molecular weight is 490 g/mol. The number of rotatable bonds is 9. The van der Waals surface area contributed by atoms with Crippen molar-refractivity contribution in [1.82, 2.24) is 10.2 Å². The minimum Gasteiger partial charge on any atom is -0.490 e. The standard InChI is InChI=1S/C24H25ClFN3O5/c1-4-14(3)34-22-16(25)10-15(12-20(22)33-5-2)11-19-23(31)29(24(32)28-19)13-21(30)27-18-9-7-6-8-17(18)26/h6-12,14H,4-5,13H2,1-3H3,(H,27,30)(H,28,32)/b19-11+/t14-/m0/s1. The van der Waals surface area contributed by atoms with Crippen molar-refractivity contribution in [3.8, 4) is 11.5 Å². The topological polar surface area (TPSA) is 97.0 Å². The number of anilines is 1. The van der Waals surface area contributed by atoms with E-state index in [2.05, 4.69) is 10.6 Å². The summed E-state index contributed by atoms with van der Waals surface area (Å²) < 4.78 is 25.3. The smallest absolute Gasteiger partial charge is 0.329 e. The summed E-state index contributed by atoms with van der Waals surface area (Å²) in [5.41, 5.74) is 0.400. The first kappa shape index (κ1) is 25.0. The molecule has 1 fully saturated rings. The molecule has 2 aromatic carbocycles. The van der Waals surface area contributed by atoms with E-state index in [1.807, 2.05) is 20.8 Å². The van der Waals surface area contributed by atoms with Crippen LogP contribution in [0.2, 0.25) is 5.02 Å². The Kier molecular flexibility index (Phi) is 8.12. The van der Waals surface area contributed by atoms with Crippen LogP contribution >= 0.6 is 11.6 Å². The number of para-hydroxylation sites is 1. The Labute approximate surface area is 201 Å². The molecule has 10 heteroatoms. The van der Waals surface area contributed by atoms with Gasteiger partial charge < -0.3 is 20.1 Å². The van der Waals surface area contributed by atoms with Gasteiger partial charge in [-0.05, 0) is 56.2 Å². The van der Waals surface area contributed by atoms with Crippen LogP contribution in [0, 0.1) is 5.82 Å². The van der Waals surface area contributed by atoms with Crippen molar-refractivity contribution < 1.29 is 28.2 Å². The molecule has 1 aliphatic heterocycles. The van der Waals surface area contributed by atoms with E-state index in [9.17, 15) is 18.8 Å². The Hall–Kier alpha value is -3.59. The van der Waals surface area contributed by atoms with Crippen LogP contribution in [0.25, 0.3) is 6.08 Å². The van der Waals surface area contributed by atoms with Gasteiger partial charge in [0.2, 0.25) is 5.91 Å². The maximum absolute atomic E-state index is 13.7. The molecular formula is C24H25ClFN3O5. The Morgan fingerprint density at radius 1 is 1.26 bits per heavy atom. The van der Waals surface area contributed by atoms with Gasteiger partial charge in [-0.3, -0.25) is 9.59 Å². The molecule has 34 heavy (non-hydrogen) atoms. The number of hydrogen-bond donors (Lipinski definition) is 2. The van der Waals surface area contributed by atoms with Crippen molar-refractivity contribution in [2.24, 2.45) is 0 Å². The zero-order valence-electron chi connectivity index (χ0n) is 19.0. The molecule has 0 spiro atoms. The van der Waals surface area contributed by atoms with Crippen LogP contribution < -0.4 is 20.1 Å². The highest BCUT2D eigenvalue weighted by molar-refractivity contribution is 6.32. The Morgan fingerprint density at radius 2 is 2.00 bits per heavy atom. The van der Waals surface area contributed by atoms with Crippen molar-refractivity contribution in [3.05, 3.63) is 58.5 Å². The summed E-state index contributed by atoms with van der Waals surface area (Å²) in [6, 6.07) is 8.05. The number of ether oxygens (including phenoxy) is 2. The van der Waals surface area contributed by atoms with Crippen LogP contribution in [0.4, 0.5) is 14.9 Å². The summed E-state index contributed by atoms with van der Waals surface area (Å²) in [5.74, 6) is -1.25. The predicted molar refractivity (Wildman–Crippen MR) is 126 cm³/mol. The lowest BCUT2D eigenvalue weighted by Crippen LogP contribution is -2.38. The summed E-state index contributed by atoms with van der Waals surface area (Å²) in [6.45, 7) is 5.49. The summed E-state index contributed by atoms with van der Waals surface area (Å²) in [7, 11) is 0. The number of carbonyl (C=O) groups excluding carboxylic acids is 3. The highest BCUT2D eigenvalue weighted by Crippen LogP contribution is 2.38. The molecule has 8 nitrogen and oxygen atoms in total. The number of halogens is 2. The molecule has 0 bridgehead atoms. The van der Waals surface area contributed by atoms with Crippen LogP contribution in [-0.2, 0) is 9.59 Å². The molecule has 1 saturated heterocycles. The van der Waals surface area contributed by atoms with Crippen LogP contribution in [-0.4, -0.2) is 42.0 Å². The van der Waals surface area contributed by atoms with Crippen LogP contribution in [0.1, 0.15) is 32.8 Å². The number of benzene rings is 2. The molecule has 0 unspecified atom stereocenters. The maximum atomic E-state index is 13.7. The van der Waals surface area contributed by atoms with Gasteiger partial charge in [0.25, 0.3) is 5.91 Å². The van der Waals surface area contributed by atoms with Crippen LogP contribution in [0.15, 0.2) is 42.1 Å².